The lowest BCUT2D eigenvalue weighted by molar-refractivity contribution is 0.464. The van der Waals surface area contributed by atoms with Gasteiger partial charge in [-0.2, -0.15) is 0 Å². The molecule has 0 amide bonds. The zero-order valence-corrected chi connectivity index (χ0v) is 11.7. The van der Waals surface area contributed by atoms with E-state index in [-0.39, 0.29) is 0 Å². The summed E-state index contributed by atoms with van der Waals surface area (Å²) in [7, 11) is 0. The Morgan fingerprint density at radius 3 is 2.78 bits per heavy atom. The summed E-state index contributed by atoms with van der Waals surface area (Å²) >= 11 is 1.79. The van der Waals surface area contributed by atoms with E-state index in [0.717, 1.165) is 18.5 Å². The summed E-state index contributed by atoms with van der Waals surface area (Å²) in [6, 6.07) is 7.89. The van der Waals surface area contributed by atoms with Gasteiger partial charge >= 0.3 is 0 Å². The maximum atomic E-state index is 9.76. The second kappa shape index (κ2) is 6.03. The lowest BCUT2D eigenvalue weighted by atomic mass is 10.1. The Hall–Kier alpha value is -1.32. The third kappa shape index (κ3) is 3.12. The molecule has 2 N–H and O–H groups in total. The molecule has 1 aromatic heterocycles. The molecule has 0 saturated heterocycles. The molecule has 0 saturated carbocycles. The highest BCUT2D eigenvalue weighted by Crippen LogP contribution is 2.19. The van der Waals surface area contributed by atoms with Gasteiger partial charge in [0.1, 0.15) is 5.75 Å². The molecule has 0 fully saturated rings. The van der Waals surface area contributed by atoms with Crippen LogP contribution in [0.15, 0.2) is 29.6 Å². The van der Waals surface area contributed by atoms with Crippen molar-refractivity contribution in [2.45, 2.75) is 33.4 Å². The zero-order valence-electron chi connectivity index (χ0n) is 10.9. The molecule has 0 aliphatic rings. The van der Waals surface area contributed by atoms with Crippen molar-refractivity contribution >= 4 is 11.3 Å². The topological polar surface area (TPSA) is 32.3 Å². The Labute approximate surface area is 112 Å². The van der Waals surface area contributed by atoms with Crippen molar-refractivity contribution in [2.75, 3.05) is 0 Å². The van der Waals surface area contributed by atoms with Gasteiger partial charge in [0.05, 0.1) is 0 Å². The minimum absolute atomic E-state index is 0.370. The molecule has 96 valence electrons. The van der Waals surface area contributed by atoms with Gasteiger partial charge in [-0.3, -0.25) is 0 Å². The number of hydrogen-bond donors (Lipinski definition) is 2. The smallest absolute Gasteiger partial charge is 0.120 e. The average molecular weight is 261 g/mol. The fraction of sp³-hybridized carbons (Fsp3) is 0.333. The number of aryl methyl sites for hydroxylation is 2. The molecule has 18 heavy (non-hydrogen) atoms. The van der Waals surface area contributed by atoms with Crippen molar-refractivity contribution in [2.24, 2.45) is 0 Å². The summed E-state index contributed by atoms with van der Waals surface area (Å²) in [5.41, 5.74) is 3.56. The van der Waals surface area contributed by atoms with Gasteiger partial charge in [-0.05, 0) is 36.4 Å². The minimum atomic E-state index is 0.370. The first-order valence-corrected chi connectivity index (χ1v) is 7.13. The highest BCUT2D eigenvalue weighted by molar-refractivity contribution is 7.10. The maximum Gasteiger partial charge on any atom is 0.120 e. The zero-order chi connectivity index (χ0) is 13.0. The predicted octanol–water partition coefficient (Wildman–Crippen LogP) is 3.61. The Bertz CT molecular complexity index is 519. The fourth-order valence-electron chi connectivity index (χ4n) is 2.00. The quantitative estimate of drug-likeness (QED) is 0.861. The highest BCUT2D eigenvalue weighted by atomic mass is 32.1. The van der Waals surface area contributed by atoms with E-state index in [2.05, 4.69) is 23.7 Å². The molecular formula is C15H19NOS. The molecule has 0 bridgehead atoms. The SMILES string of the molecule is CCc1ccsc1CNCc1cc(C)ccc1O. The second-order valence-corrected chi connectivity index (χ2v) is 5.46. The van der Waals surface area contributed by atoms with Crippen LogP contribution < -0.4 is 5.32 Å². The molecule has 2 rings (SSSR count). The Balaban J connectivity index is 1.94. The van der Waals surface area contributed by atoms with E-state index in [1.54, 1.807) is 17.4 Å². The van der Waals surface area contributed by atoms with E-state index < -0.39 is 0 Å². The van der Waals surface area contributed by atoms with E-state index in [0.29, 0.717) is 12.3 Å². The van der Waals surface area contributed by atoms with Crippen LogP contribution in [0.3, 0.4) is 0 Å². The van der Waals surface area contributed by atoms with Crippen LogP contribution in [-0.4, -0.2) is 5.11 Å². The van der Waals surface area contributed by atoms with E-state index in [1.165, 1.54) is 16.0 Å². The highest BCUT2D eigenvalue weighted by Gasteiger charge is 2.04. The number of phenols is 1. The van der Waals surface area contributed by atoms with E-state index in [4.69, 9.17) is 0 Å². The van der Waals surface area contributed by atoms with Crippen molar-refractivity contribution in [1.82, 2.24) is 5.32 Å². The van der Waals surface area contributed by atoms with Gasteiger partial charge < -0.3 is 10.4 Å². The van der Waals surface area contributed by atoms with E-state index in [1.807, 2.05) is 19.1 Å². The van der Waals surface area contributed by atoms with Crippen LogP contribution in [0.2, 0.25) is 0 Å². The third-order valence-electron chi connectivity index (χ3n) is 3.05. The summed E-state index contributed by atoms with van der Waals surface area (Å²) in [5, 5.41) is 15.3. The summed E-state index contributed by atoms with van der Waals surface area (Å²) < 4.78 is 0. The van der Waals surface area contributed by atoms with Crippen molar-refractivity contribution < 1.29 is 5.11 Å². The van der Waals surface area contributed by atoms with Gasteiger partial charge in [-0.15, -0.1) is 11.3 Å². The molecule has 2 nitrogen and oxygen atoms in total. The molecular weight excluding hydrogens is 242 g/mol. The first-order valence-electron chi connectivity index (χ1n) is 6.25. The molecule has 1 aromatic carbocycles. The van der Waals surface area contributed by atoms with Gasteiger partial charge in [0.2, 0.25) is 0 Å². The van der Waals surface area contributed by atoms with Crippen molar-refractivity contribution in [3.05, 3.63) is 51.2 Å². The van der Waals surface area contributed by atoms with Gasteiger partial charge in [0, 0.05) is 23.5 Å². The average Bonchev–Trinajstić information content (AvgIpc) is 2.81. The van der Waals surface area contributed by atoms with Crippen LogP contribution in [0.25, 0.3) is 0 Å². The maximum absolute atomic E-state index is 9.76. The molecule has 1 heterocycles. The molecule has 0 unspecified atom stereocenters. The predicted molar refractivity (Wildman–Crippen MR) is 77.1 cm³/mol. The Morgan fingerprint density at radius 1 is 1.17 bits per heavy atom. The van der Waals surface area contributed by atoms with E-state index in [9.17, 15) is 5.11 Å². The lowest BCUT2D eigenvalue weighted by Crippen LogP contribution is -2.12. The number of aromatic hydroxyl groups is 1. The van der Waals surface area contributed by atoms with Crippen LogP contribution in [0, 0.1) is 6.92 Å². The van der Waals surface area contributed by atoms with Crippen LogP contribution in [-0.2, 0) is 19.5 Å². The van der Waals surface area contributed by atoms with Crippen molar-refractivity contribution in [1.29, 1.82) is 0 Å². The van der Waals surface area contributed by atoms with Crippen LogP contribution in [0.4, 0.5) is 0 Å². The van der Waals surface area contributed by atoms with Crippen LogP contribution >= 0.6 is 11.3 Å². The van der Waals surface area contributed by atoms with Gasteiger partial charge in [-0.1, -0.05) is 24.6 Å². The minimum Gasteiger partial charge on any atom is -0.508 e. The number of thiophene rings is 1. The van der Waals surface area contributed by atoms with Gasteiger partial charge in [-0.25, -0.2) is 0 Å². The lowest BCUT2D eigenvalue weighted by Gasteiger charge is -2.08. The van der Waals surface area contributed by atoms with Gasteiger partial charge in [0.15, 0.2) is 0 Å². The molecule has 0 atom stereocenters. The third-order valence-corrected chi connectivity index (χ3v) is 4.02. The van der Waals surface area contributed by atoms with Crippen LogP contribution in [0.5, 0.6) is 5.75 Å². The number of nitrogens with one attached hydrogen (secondary N) is 1. The molecule has 3 heteroatoms. The monoisotopic (exact) mass is 261 g/mol. The Morgan fingerprint density at radius 2 is 2.00 bits per heavy atom. The number of hydrogen-bond acceptors (Lipinski definition) is 3. The molecule has 2 aromatic rings. The fourth-order valence-corrected chi connectivity index (χ4v) is 2.95. The molecule has 0 radical (unpaired) electrons. The van der Waals surface area contributed by atoms with Crippen molar-refractivity contribution in [3.63, 3.8) is 0 Å². The summed E-state index contributed by atoms with van der Waals surface area (Å²) in [6.07, 6.45) is 1.08. The molecule has 0 aliphatic carbocycles. The normalized spacial score (nSPS) is 10.8. The number of rotatable bonds is 5. The molecule has 0 aliphatic heterocycles. The second-order valence-electron chi connectivity index (χ2n) is 4.46. The first kappa shape index (κ1) is 13.1. The van der Waals surface area contributed by atoms with Crippen molar-refractivity contribution in [3.8, 4) is 5.75 Å². The number of phenolic OH excluding ortho intramolecular Hbond substituents is 1. The molecule has 0 spiro atoms. The summed E-state index contributed by atoms with van der Waals surface area (Å²) in [4.78, 5) is 1.39. The standard InChI is InChI=1S/C15H19NOS/c1-3-12-6-7-18-15(12)10-16-9-13-8-11(2)4-5-14(13)17/h4-8,16-17H,3,9-10H2,1-2H3. The van der Waals surface area contributed by atoms with Crippen LogP contribution in [0.1, 0.15) is 28.5 Å². The summed E-state index contributed by atoms with van der Waals surface area (Å²) in [6.45, 7) is 5.79. The van der Waals surface area contributed by atoms with Gasteiger partial charge in [0.25, 0.3) is 0 Å². The largest absolute Gasteiger partial charge is 0.508 e. The summed E-state index contributed by atoms with van der Waals surface area (Å²) in [5.74, 6) is 0.370. The number of benzene rings is 1. The van der Waals surface area contributed by atoms with E-state index >= 15 is 0 Å². The Kier molecular flexibility index (Phi) is 4.39. The first-order chi connectivity index (χ1) is 8.70.